The van der Waals surface area contributed by atoms with E-state index >= 15 is 0 Å². The molecule has 18 heavy (non-hydrogen) atoms. The van der Waals surface area contributed by atoms with E-state index in [2.05, 4.69) is 48.2 Å². The van der Waals surface area contributed by atoms with Crippen LogP contribution in [0.25, 0.3) is 10.7 Å². The van der Waals surface area contributed by atoms with Crippen LogP contribution < -0.4 is 5.32 Å². The van der Waals surface area contributed by atoms with Gasteiger partial charge in [-0.1, -0.05) is 20.8 Å². The summed E-state index contributed by atoms with van der Waals surface area (Å²) in [6.07, 6.45) is 0. The lowest BCUT2D eigenvalue weighted by Crippen LogP contribution is -2.07. The van der Waals surface area contributed by atoms with Gasteiger partial charge in [0.05, 0.1) is 4.88 Å². The predicted octanol–water partition coefficient (Wildman–Crippen LogP) is 3.85. The summed E-state index contributed by atoms with van der Waals surface area (Å²) in [5, 5.41) is 3.07. The van der Waals surface area contributed by atoms with E-state index in [1.54, 1.807) is 11.3 Å². The Labute approximate surface area is 112 Å². The van der Waals surface area contributed by atoms with Crippen LogP contribution in [0, 0.1) is 6.92 Å². The summed E-state index contributed by atoms with van der Waals surface area (Å²) in [5.41, 5.74) is 1.16. The number of aromatic nitrogens is 2. The molecule has 4 heteroatoms. The molecule has 0 bridgehead atoms. The molecule has 2 rings (SSSR count). The molecule has 1 N–H and O–H groups in total. The molecule has 0 aliphatic heterocycles. The summed E-state index contributed by atoms with van der Waals surface area (Å²) in [6.45, 7) is 8.65. The molecule has 0 unspecified atom stereocenters. The molecule has 3 nitrogen and oxygen atoms in total. The van der Waals surface area contributed by atoms with E-state index in [-0.39, 0.29) is 5.41 Å². The van der Waals surface area contributed by atoms with Crippen LogP contribution in [-0.4, -0.2) is 17.0 Å². The van der Waals surface area contributed by atoms with Crippen LogP contribution in [-0.2, 0) is 5.41 Å². The minimum absolute atomic E-state index is 0.179. The van der Waals surface area contributed by atoms with Crippen LogP contribution in [0.2, 0.25) is 0 Å². The fourth-order valence-electron chi connectivity index (χ4n) is 1.67. The second-order valence-electron chi connectivity index (χ2n) is 5.38. The normalized spacial score (nSPS) is 11.6. The molecule has 0 amide bonds. The molecule has 0 saturated carbocycles. The lowest BCUT2D eigenvalue weighted by atomic mass is 9.95. The smallest absolute Gasteiger partial charge is 0.171 e. The van der Waals surface area contributed by atoms with Gasteiger partial charge in [0.25, 0.3) is 0 Å². The number of nitrogens with zero attached hydrogens (tertiary/aromatic N) is 2. The van der Waals surface area contributed by atoms with Gasteiger partial charge in [0.1, 0.15) is 5.82 Å². The zero-order valence-electron chi connectivity index (χ0n) is 11.5. The van der Waals surface area contributed by atoms with Crippen molar-refractivity contribution in [3.8, 4) is 10.7 Å². The Kier molecular flexibility index (Phi) is 3.39. The molecule has 0 aromatic carbocycles. The molecule has 0 aliphatic rings. The largest absolute Gasteiger partial charge is 0.373 e. The topological polar surface area (TPSA) is 37.8 Å². The minimum Gasteiger partial charge on any atom is -0.373 e. The van der Waals surface area contributed by atoms with Crippen molar-refractivity contribution in [2.24, 2.45) is 0 Å². The molecular formula is C14H19N3S. The number of nitrogens with one attached hydrogen (secondary N) is 1. The highest BCUT2D eigenvalue weighted by molar-refractivity contribution is 7.15. The average Bonchev–Trinajstić information content (AvgIpc) is 2.77. The monoisotopic (exact) mass is 261 g/mol. The molecule has 2 aromatic heterocycles. The molecule has 2 aromatic rings. The van der Waals surface area contributed by atoms with Gasteiger partial charge >= 0.3 is 0 Å². The van der Waals surface area contributed by atoms with Crippen molar-refractivity contribution < 1.29 is 0 Å². The van der Waals surface area contributed by atoms with Gasteiger partial charge in [0, 0.05) is 23.7 Å². The van der Waals surface area contributed by atoms with Crippen molar-refractivity contribution in [3.63, 3.8) is 0 Å². The summed E-state index contributed by atoms with van der Waals surface area (Å²) in [6, 6.07) is 6.23. The first-order valence-corrected chi connectivity index (χ1v) is 6.86. The Morgan fingerprint density at radius 2 is 1.89 bits per heavy atom. The minimum atomic E-state index is 0.179. The van der Waals surface area contributed by atoms with Gasteiger partial charge in [-0.25, -0.2) is 9.97 Å². The van der Waals surface area contributed by atoms with E-state index < -0.39 is 0 Å². The molecule has 2 heterocycles. The van der Waals surface area contributed by atoms with Crippen molar-refractivity contribution in [1.82, 2.24) is 9.97 Å². The summed E-state index contributed by atoms with van der Waals surface area (Å²) >= 11 is 1.77. The molecule has 0 spiro atoms. The van der Waals surface area contributed by atoms with Crippen molar-refractivity contribution in [3.05, 3.63) is 28.8 Å². The number of hydrogen-bond acceptors (Lipinski definition) is 4. The maximum Gasteiger partial charge on any atom is 0.171 e. The molecule has 0 radical (unpaired) electrons. The van der Waals surface area contributed by atoms with Gasteiger partial charge in [0.15, 0.2) is 5.82 Å². The molecular weight excluding hydrogens is 242 g/mol. The van der Waals surface area contributed by atoms with E-state index in [9.17, 15) is 0 Å². The highest BCUT2D eigenvalue weighted by atomic mass is 32.1. The average molecular weight is 261 g/mol. The van der Waals surface area contributed by atoms with Crippen molar-refractivity contribution in [1.29, 1.82) is 0 Å². The van der Waals surface area contributed by atoms with Crippen LogP contribution in [0.4, 0.5) is 5.82 Å². The van der Waals surface area contributed by atoms with Crippen LogP contribution in [0.15, 0.2) is 18.2 Å². The number of hydrogen-bond donors (Lipinski definition) is 1. The number of rotatable bonds is 2. The second kappa shape index (κ2) is 4.69. The fraction of sp³-hybridized carbons (Fsp3) is 0.429. The first-order chi connectivity index (χ1) is 8.40. The Balaban J connectivity index is 2.43. The maximum atomic E-state index is 4.51. The standard InChI is InChI=1S/C14H19N3S/c1-9-8-12(15-5)17-13(16-9)10-6-7-11(18-10)14(2,3)4/h6-8H,1-5H3,(H,15,16,17). The van der Waals surface area contributed by atoms with Crippen LogP contribution in [0.1, 0.15) is 31.3 Å². The van der Waals surface area contributed by atoms with Crippen LogP contribution in [0.3, 0.4) is 0 Å². The Morgan fingerprint density at radius 3 is 2.44 bits per heavy atom. The highest BCUT2D eigenvalue weighted by Crippen LogP contribution is 2.33. The van der Waals surface area contributed by atoms with Crippen molar-refractivity contribution in [2.75, 3.05) is 12.4 Å². The molecule has 96 valence electrons. The van der Waals surface area contributed by atoms with E-state index in [1.165, 1.54) is 4.88 Å². The third-order valence-corrected chi connectivity index (χ3v) is 4.18. The lowest BCUT2D eigenvalue weighted by molar-refractivity contribution is 0.604. The van der Waals surface area contributed by atoms with E-state index in [4.69, 9.17) is 0 Å². The summed E-state index contributed by atoms with van der Waals surface area (Å²) in [5.74, 6) is 1.67. The van der Waals surface area contributed by atoms with Gasteiger partial charge in [-0.3, -0.25) is 0 Å². The van der Waals surface area contributed by atoms with Crippen molar-refractivity contribution >= 4 is 17.2 Å². The number of aryl methyl sites for hydroxylation is 1. The lowest BCUT2D eigenvalue weighted by Gasteiger charge is -2.15. The van der Waals surface area contributed by atoms with Crippen molar-refractivity contribution in [2.45, 2.75) is 33.1 Å². The third kappa shape index (κ3) is 2.70. The zero-order valence-corrected chi connectivity index (χ0v) is 12.4. The Hall–Kier alpha value is -1.42. The van der Waals surface area contributed by atoms with Gasteiger partial charge in [0.2, 0.25) is 0 Å². The van der Waals surface area contributed by atoms with E-state index in [1.807, 2.05) is 20.0 Å². The van der Waals surface area contributed by atoms with Crippen LogP contribution >= 0.6 is 11.3 Å². The quantitative estimate of drug-likeness (QED) is 0.892. The zero-order chi connectivity index (χ0) is 13.3. The number of anilines is 1. The first kappa shape index (κ1) is 13.0. The maximum absolute atomic E-state index is 4.51. The summed E-state index contributed by atoms with van der Waals surface area (Å²) < 4.78 is 0. The van der Waals surface area contributed by atoms with E-state index in [0.717, 1.165) is 22.2 Å². The van der Waals surface area contributed by atoms with Gasteiger partial charge in [-0.15, -0.1) is 11.3 Å². The third-order valence-electron chi connectivity index (χ3n) is 2.68. The molecule has 0 saturated heterocycles. The molecule has 0 fully saturated rings. The van der Waals surface area contributed by atoms with Gasteiger partial charge in [-0.05, 0) is 24.5 Å². The SMILES string of the molecule is CNc1cc(C)nc(-c2ccc(C(C)(C)C)s2)n1. The summed E-state index contributed by atoms with van der Waals surface area (Å²) in [7, 11) is 1.88. The molecule has 0 atom stereocenters. The van der Waals surface area contributed by atoms with Gasteiger partial charge < -0.3 is 5.32 Å². The highest BCUT2D eigenvalue weighted by Gasteiger charge is 2.17. The number of thiophene rings is 1. The Morgan fingerprint density at radius 1 is 1.17 bits per heavy atom. The van der Waals surface area contributed by atoms with Crippen LogP contribution in [0.5, 0.6) is 0 Å². The fourth-order valence-corrected chi connectivity index (χ4v) is 2.67. The summed E-state index contributed by atoms with van der Waals surface area (Å²) in [4.78, 5) is 11.5. The first-order valence-electron chi connectivity index (χ1n) is 6.04. The van der Waals surface area contributed by atoms with Gasteiger partial charge in [-0.2, -0.15) is 0 Å². The Bertz CT molecular complexity index is 552. The second-order valence-corrected chi connectivity index (χ2v) is 6.47. The predicted molar refractivity (Wildman–Crippen MR) is 78.3 cm³/mol. The molecule has 0 aliphatic carbocycles. The van der Waals surface area contributed by atoms with E-state index in [0.29, 0.717) is 0 Å².